The lowest BCUT2D eigenvalue weighted by Crippen LogP contribution is -2.50. The number of hydrogen-bond acceptors (Lipinski definition) is 4. The highest BCUT2D eigenvalue weighted by Crippen LogP contribution is 2.26. The number of esters is 1. The van der Waals surface area contributed by atoms with Gasteiger partial charge in [0.2, 0.25) is 0 Å². The van der Waals surface area contributed by atoms with Gasteiger partial charge in [0.1, 0.15) is 5.54 Å². The highest BCUT2D eigenvalue weighted by Gasteiger charge is 2.41. The molecule has 2 aliphatic heterocycles. The Hall–Kier alpha value is -0.610. The van der Waals surface area contributed by atoms with E-state index in [2.05, 4.69) is 9.80 Å². The molecule has 0 aliphatic carbocycles. The first kappa shape index (κ1) is 12.8. The van der Waals surface area contributed by atoms with Crippen molar-refractivity contribution in [3.63, 3.8) is 0 Å². The molecule has 2 rings (SSSR count). The standard InChI is InChI=1S/C13H24N2O2/c1-13(2,12(16)17-3)15-9-6-11(10-15)14-7-4-5-8-14/h11H,4-10H2,1-3H3. The van der Waals surface area contributed by atoms with E-state index in [0.717, 1.165) is 13.1 Å². The largest absolute Gasteiger partial charge is 0.468 e. The Bertz CT molecular complexity index is 285. The minimum Gasteiger partial charge on any atom is -0.468 e. The SMILES string of the molecule is COC(=O)C(C)(C)N1CCC(N2CCCC2)C1. The fourth-order valence-corrected chi connectivity index (χ4v) is 3.03. The van der Waals surface area contributed by atoms with Gasteiger partial charge < -0.3 is 4.74 Å². The van der Waals surface area contributed by atoms with Crippen LogP contribution in [0.4, 0.5) is 0 Å². The Morgan fingerprint density at radius 3 is 2.47 bits per heavy atom. The summed E-state index contributed by atoms with van der Waals surface area (Å²) in [7, 11) is 1.47. The molecule has 17 heavy (non-hydrogen) atoms. The van der Waals surface area contributed by atoms with Gasteiger partial charge in [-0.3, -0.25) is 14.6 Å². The Kier molecular flexibility index (Phi) is 3.73. The molecule has 1 unspecified atom stereocenters. The summed E-state index contributed by atoms with van der Waals surface area (Å²) < 4.78 is 4.89. The van der Waals surface area contributed by atoms with Crippen LogP contribution in [0.5, 0.6) is 0 Å². The van der Waals surface area contributed by atoms with Crippen LogP contribution in [0.15, 0.2) is 0 Å². The normalized spacial score (nSPS) is 27.6. The monoisotopic (exact) mass is 240 g/mol. The van der Waals surface area contributed by atoms with Crippen LogP contribution < -0.4 is 0 Å². The number of ether oxygens (including phenoxy) is 1. The van der Waals surface area contributed by atoms with Crippen LogP contribution in [0.25, 0.3) is 0 Å². The fourth-order valence-electron chi connectivity index (χ4n) is 3.03. The first-order chi connectivity index (χ1) is 8.05. The van der Waals surface area contributed by atoms with Gasteiger partial charge in [-0.1, -0.05) is 0 Å². The van der Waals surface area contributed by atoms with Crippen molar-refractivity contribution < 1.29 is 9.53 Å². The first-order valence-corrected chi connectivity index (χ1v) is 6.63. The zero-order chi connectivity index (χ0) is 12.5. The molecule has 0 aromatic rings. The average molecular weight is 240 g/mol. The molecule has 0 radical (unpaired) electrons. The molecule has 0 spiro atoms. The van der Waals surface area contributed by atoms with Crippen LogP contribution in [0, 0.1) is 0 Å². The molecule has 98 valence electrons. The molecule has 4 nitrogen and oxygen atoms in total. The maximum absolute atomic E-state index is 11.8. The molecule has 2 heterocycles. The van der Waals surface area contributed by atoms with Crippen molar-refractivity contribution in [2.24, 2.45) is 0 Å². The van der Waals surface area contributed by atoms with E-state index in [4.69, 9.17) is 4.74 Å². The number of rotatable bonds is 3. The molecular weight excluding hydrogens is 216 g/mol. The molecule has 0 N–H and O–H groups in total. The van der Waals surface area contributed by atoms with Gasteiger partial charge in [0.25, 0.3) is 0 Å². The van der Waals surface area contributed by atoms with Crippen LogP contribution in [0.1, 0.15) is 33.1 Å². The summed E-state index contributed by atoms with van der Waals surface area (Å²) in [4.78, 5) is 16.6. The third-order valence-corrected chi connectivity index (χ3v) is 4.30. The van der Waals surface area contributed by atoms with Crippen molar-refractivity contribution in [1.29, 1.82) is 0 Å². The van der Waals surface area contributed by atoms with E-state index in [1.54, 1.807) is 0 Å². The number of carbonyl (C=O) groups excluding carboxylic acids is 1. The number of carbonyl (C=O) groups is 1. The summed E-state index contributed by atoms with van der Waals surface area (Å²) in [6.07, 6.45) is 3.84. The van der Waals surface area contributed by atoms with E-state index >= 15 is 0 Å². The van der Waals surface area contributed by atoms with E-state index in [-0.39, 0.29) is 5.97 Å². The van der Waals surface area contributed by atoms with E-state index in [1.165, 1.54) is 39.5 Å². The van der Waals surface area contributed by atoms with Crippen molar-refractivity contribution in [2.75, 3.05) is 33.3 Å². The summed E-state index contributed by atoms with van der Waals surface area (Å²) in [5.74, 6) is -0.125. The average Bonchev–Trinajstić information content (AvgIpc) is 2.97. The summed E-state index contributed by atoms with van der Waals surface area (Å²) in [6, 6.07) is 0.640. The third-order valence-electron chi connectivity index (χ3n) is 4.30. The lowest BCUT2D eigenvalue weighted by atomic mass is 10.0. The molecule has 2 aliphatic rings. The van der Waals surface area contributed by atoms with Gasteiger partial charge in [-0.05, 0) is 46.2 Å². The van der Waals surface area contributed by atoms with Crippen LogP contribution >= 0.6 is 0 Å². The number of methoxy groups -OCH3 is 1. The molecule has 2 fully saturated rings. The molecule has 0 bridgehead atoms. The minimum absolute atomic E-state index is 0.125. The summed E-state index contributed by atoms with van der Waals surface area (Å²) >= 11 is 0. The quantitative estimate of drug-likeness (QED) is 0.692. The van der Waals surface area contributed by atoms with Crippen molar-refractivity contribution in [1.82, 2.24) is 9.80 Å². The third kappa shape index (κ3) is 2.47. The fraction of sp³-hybridized carbons (Fsp3) is 0.923. The van der Waals surface area contributed by atoms with Crippen LogP contribution in [0.2, 0.25) is 0 Å². The molecule has 0 saturated carbocycles. The second kappa shape index (κ2) is 4.94. The summed E-state index contributed by atoms with van der Waals surface area (Å²) in [5, 5.41) is 0. The van der Waals surface area contributed by atoms with Crippen LogP contribution in [-0.4, -0.2) is 60.6 Å². The van der Waals surface area contributed by atoms with Crippen LogP contribution in [-0.2, 0) is 9.53 Å². The van der Waals surface area contributed by atoms with E-state index in [1.807, 2.05) is 13.8 Å². The van der Waals surface area contributed by atoms with E-state index in [0.29, 0.717) is 6.04 Å². The molecular formula is C13H24N2O2. The van der Waals surface area contributed by atoms with E-state index in [9.17, 15) is 4.79 Å². The Balaban J connectivity index is 1.94. The van der Waals surface area contributed by atoms with Gasteiger partial charge in [-0.25, -0.2) is 0 Å². The van der Waals surface area contributed by atoms with Crippen molar-refractivity contribution in [2.45, 2.75) is 44.7 Å². The Labute approximate surface area is 104 Å². The summed E-state index contributed by atoms with van der Waals surface area (Å²) in [5.41, 5.74) is -0.483. The van der Waals surface area contributed by atoms with Gasteiger partial charge in [0.05, 0.1) is 7.11 Å². The highest BCUT2D eigenvalue weighted by atomic mass is 16.5. The van der Waals surface area contributed by atoms with Crippen LogP contribution in [0.3, 0.4) is 0 Å². The zero-order valence-corrected chi connectivity index (χ0v) is 11.2. The predicted molar refractivity (Wildman–Crippen MR) is 66.9 cm³/mol. The number of likely N-dealkylation sites (tertiary alicyclic amines) is 2. The second-order valence-corrected chi connectivity index (χ2v) is 5.68. The molecule has 0 aromatic heterocycles. The second-order valence-electron chi connectivity index (χ2n) is 5.68. The number of hydrogen-bond donors (Lipinski definition) is 0. The van der Waals surface area contributed by atoms with Crippen molar-refractivity contribution in [3.8, 4) is 0 Å². The Morgan fingerprint density at radius 1 is 1.24 bits per heavy atom. The Morgan fingerprint density at radius 2 is 1.88 bits per heavy atom. The molecule has 1 atom stereocenters. The molecule has 2 saturated heterocycles. The topological polar surface area (TPSA) is 32.8 Å². The molecule has 0 amide bonds. The smallest absolute Gasteiger partial charge is 0.325 e. The van der Waals surface area contributed by atoms with Gasteiger partial charge in [0, 0.05) is 19.1 Å². The number of nitrogens with zero attached hydrogens (tertiary/aromatic N) is 2. The van der Waals surface area contributed by atoms with Crippen molar-refractivity contribution >= 4 is 5.97 Å². The van der Waals surface area contributed by atoms with E-state index < -0.39 is 5.54 Å². The first-order valence-electron chi connectivity index (χ1n) is 6.63. The predicted octanol–water partition coefficient (Wildman–Crippen LogP) is 1.11. The van der Waals surface area contributed by atoms with Gasteiger partial charge >= 0.3 is 5.97 Å². The highest BCUT2D eigenvalue weighted by molar-refractivity contribution is 5.79. The summed E-state index contributed by atoms with van der Waals surface area (Å²) in [6.45, 7) is 8.40. The maximum Gasteiger partial charge on any atom is 0.325 e. The zero-order valence-electron chi connectivity index (χ0n) is 11.2. The molecule has 4 heteroatoms. The van der Waals surface area contributed by atoms with Gasteiger partial charge in [-0.2, -0.15) is 0 Å². The minimum atomic E-state index is -0.483. The van der Waals surface area contributed by atoms with Gasteiger partial charge in [-0.15, -0.1) is 0 Å². The lowest BCUT2D eigenvalue weighted by Gasteiger charge is -2.33. The van der Waals surface area contributed by atoms with Crippen molar-refractivity contribution in [3.05, 3.63) is 0 Å². The lowest BCUT2D eigenvalue weighted by molar-refractivity contribution is -0.152. The molecule has 0 aromatic carbocycles. The van der Waals surface area contributed by atoms with Gasteiger partial charge in [0.15, 0.2) is 0 Å². The maximum atomic E-state index is 11.8.